The van der Waals surface area contributed by atoms with Crippen molar-refractivity contribution < 1.29 is 48.1 Å². The van der Waals surface area contributed by atoms with Crippen molar-refractivity contribution in [2.24, 2.45) is 17.8 Å². The number of ether oxygens (including phenoxy) is 3. The van der Waals surface area contributed by atoms with E-state index < -0.39 is 47.8 Å². The summed E-state index contributed by atoms with van der Waals surface area (Å²) in [6, 6.07) is 11.9. The molecule has 0 saturated carbocycles. The second-order valence-electron chi connectivity index (χ2n) is 16.0. The Balaban J connectivity index is 1.23. The Morgan fingerprint density at radius 3 is 1.81 bits per heavy atom. The SMILES string of the molecule is COC(=O)[C@@H]1CCC[C@@H]2SCC[C@H](CC(=O)[C@H](CC[C@H](Cc3ccc(OC)cc3)C(=O)N[C@H]3CCS[C@H]4CCC[C@@H](C(=O)OC)N4C3=O)Cc3ccc(O)cc3)C(=O)N21. The Bertz CT molecular complexity index is 1810. The summed E-state index contributed by atoms with van der Waals surface area (Å²) in [6.07, 6.45) is 6.41. The predicted molar refractivity (Wildman–Crippen MR) is 224 cm³/mol. The summed E-state index contributed by atoms with van der Waals surface area (Å²) in [7, 11) is 4.23. The number of nitrogens with zero attached hydrogens (tertiary/aromatic N) is 2. The van der Waals surface area contributed by atoms with Crippen LogP contribution in [-0.2, 0) is 51.1 Å². The van der Waals surface area contributed by atoms with E-state index in [1.165, 1.54) is 14.2 Å². The van der Waals surface area contributed by atoms with Crippen molar-refractivity contribution in [1.82, 2.24) is 15.1 Å². The van der Waals surface area contributed by atoms with Crippen molar-refractivity contribution in [2.75, 3.05) is 32.8 Å². The molecule has 0 aromatic heterocycles. The molecule has 0 spiro atoms. The smallest absolute Gasteiger partial charge is 0.328 e. The maximum atomic E-state index is 14.5. The predicted octanol–water partition coefficient (Wildman–Crippen LogP) is 5.29. The lowest BCUT2D eigenvalue weighted by Gasteiger charge is -2.40. The first-order chi connectivity index (χ1) is 28.5. The zero-order valence-corrected chi connectivity index (χ0v) is 35.8. The molecular formula is C44H57N3O10S2. The molecule has 4 fully saturated rings. The van der Waals surface area contributed by atoms with E-state index in [4.69, 9.17) is 14.2 Å². The number of carbonyl (C=O) groups is 6. The van der Waals surface area contributed by atoms with Gasteiger partial charge >= 0.3 is 11.9 Å². The first-order valence-electron chi connectivity index (χ1n) is 20.8. The monoisotopic (exact) mass is 851 g/mol. The van der Waals surface area contributed by atoms with Crippen LogP contribution in [0.25, 0.3) is 0 Å². The third kappa shape index (κ3) is 10.9. The molecule has 6 rings (SSSR count). The number of piperidine rings is 2. The van der Waals surface area contributed by atoms with Gasteiger partial charge in [0.25, 0.3) is 0 Å². The molecule has 320 valence electrons. The van der Waals surface area contributed by atoms with Gasteiger partial charge in [-0.2, -0.15) is 0 Å². The average Bonchev–Trinajstić information content (AvgIpc) is 3.51. The molecule has 4 aliphatic heterocycles. The number of amides is 3. The van der Waals surface area contributed by atoms with E-state index in [-0.39, 0.29) is 46.4 Å². The highest BCUT2D eigenvalue weighted by Gasteiger charge is 2.45. The zero-order chi connectivity index (χ0) is 42.1. The number of aromatic hydroxyl groups is 1. The Morgan fingerprint density at radius 1 is 0.712 bits per heavy atom. The van der Waals surface area contributed by atoms with Gasteiger partial charge in [0.2, 0.25) is 17.7 Å². The highest BCUT2D eigenvalue weighted by Crippen LogP contribution is 2.38. The molecule has 59 heavy (non-hydrogen) atoms. The minimum atomic E-state index is -0.829. The van der Waals surface area contributed by atoms with Crippen LogP contribution in [0.2, 0.25) is 0 Å². The van der Waals surface area contributed by atoms with Crippen molar-refractivity contribution in [3.63, 3.8) is 0 Å². The highest BCUT2D eigenvalue weighted by molar-refractivity contribution is 8.00. The standard InChI is InChI=1S/C44H57N3O10S2/c1-55-33-18-12-28(13-19-33)25-30(40(50)45-34-21-23-59-39-9-5-7-36(44(54)57-3)47(39)42(34)52)15-14-29(24-27-10-16-32(48)17-11-27)37(49)26-31-20-22-58-38-8-4-6-35(43(53)56-2)46(38)41(31)51/h10-13,16-19,29-31,34-36,38-39,48H,4-9,14-15,20-26H2,1-3H3,(H,45,50)/t29-,30-,31-,34+,35+,36+,38+,39+/m1/s1. The Labute approximate surface area is 355 Å². The number of Topliss-reactive ketones (excluding diaryl/α,β-unsaturated/α-hetero) is 1. The van der Waals surface area contributed by atoms with Crippen molar-refractivity contribution in [3.05, 3.63) is 59.7 Å². The van der Waals surface area contributed by atoms with E-state index in [1.807, 2.05) is 24.3 Å². The van der Waals surface area contributed by atoms with Crippen LogP contribution >= 0.6 is 23.5 Å². The molecule has 0 bridgehead atoms. The van der Waals surface area contributed by atoms with Gasteiger partial charge in [0.05, 0.1) is 32.1 Å². The summed E-state index contributed by atoms with van der Waals surface area (Å²) in [5, 5.41) is 12.8. The van der Waals surface area contributed by atoms with Gasteiger partial charge in [0.15, 0.2) is 0 Å². The van der Waals surface area contributed by atoms with E-state index in [9.17, 15) is 33.9 Å². The number of ketones is 1. The molecule has 2 N–H and O–H groups in total. The fourth-order valence-corrected chi connectivity index (χ4v) is 11.8. The maximum Gasteiger partial charge on any atom is 0.328 e. The third-order valence-electron chi connectivity index (χ3n) is 12.3. The molecule has 0 aliphatic carbocycles. The van der Waals surface area contributed by atoms with Crippen molar-refractivity contribution in [1.29, 1.82) is 0 Å². The molecule has 2 aromatic carbocycles. The van der Waals surface area contributed by atoms with Crippen LogP contribution in [0.5, 0.6) is 11.5 Å². The van der Waals surface area contributed by atoms with E-state index in [1.54, 1.807) is 64.7 Å². The lowest BCUT2D eigenvalue weighted by Crippen LogP contribution is -2.57. The molecule has 8 atom stereocenters. The normalized spacial score (nSPS) is 25.6. The summed E-state index contributed by atoms with van der Waals surface area (Å²) in [6.45, 7) is 0. The highest BCUT2D eigenvalue weighted by atomic mass is 32.2. The Morgan fingerprint density at radius 2 is 1.24 bits per heavy atom. The molecule has 13 nitrogen and oxygen atoms in total. The molecule has 2 aromatic rings. The van der Waals surface area contributed by atoms with E-state index in [2.05, 4.69) is 5.32 Å². The largest absolute Gasteiger partial charge is 0.508 e. The third-order valence-corrected chi connectivity index (χ3v) is 14.9. The van der Waals surface area contributed by atoms with Crippen LogP contribution < -0.4 is 10.1 Å². The van der Waals surface area contributed by atoms with Crippen LogP contribution in [0.3, 0.4) is 0 Å². The molecule has 4 aliphatic rings. The van der Waals surface area contributed by atoms with Crippen LogP contribution in [0.4, 0.5) is 0 Å². The summed E-state index contributed by atoms with van der Waals surface area (Å²) >= 11 is 3.27. The number of carbonyl (C=O) groups excluding carboxylic acids is 6. The van der Waals surface area contributed by atoms with Gasteiger partial charge in [-0.05, 0) is 124 Å². The number of phenols is 1. The minimum Gasteiger partial charge on any atom is -0.508 e. The second-order valence-corrected chi connectivity index (χ2v) is 18.6. The number of hydrogen-bond acceptors (Lipinski definition) is 12. The Kier molecular flexibility index (Phi) is 15.6. The van der Waals surface area contributed by atoms with Gasteiger partial charge in [0.1, 0.15) is 35.4 Å². The summed E-state index contributed by atoms with van der Waals surface area (Å²) in [5.74, 6) is -1.49. The van der Waals surface area contributed by atoms with Gasteiger partial charge in [-0.1, -0.05) is 24.3 Å². The zero-order valence-electron chi connectivity index (χ0n) is 34.2. The van der Waals surface area contributed by atoms with Gasteiger partial charge in [-0.15, -0.1) is 23.5 Å². The number of fused-ring (bicyclic) bond motifs is 2. The molecule has 0 radical (unpaired) electrons. The van der Waals surface area contributed by atoms with E-state index >= 15 is 0 Å². The summed E-state index contributed by atoms with van der Waals surface area (Å²) in [5.41, 5.74) is 1.72. The summed E-state index contributed by atoms with van der Waals surface area (Å²) in [4.78, 5) is 86.1. The number of benzene rings is 2. The lowest BCUT2D eigenvalue weighted by atomic mass is 9.82. The summed E-state index contributed by atoms with van der Waals surface area (Å²) < 4.78 is 15.5. The Hall–Kier alpha value is -4.24. The van der Waals surface area contributed by atoms with Crippen LogP contribution in [0.1, 0.15) is 81.8 Å². The van der Waals surface area contributed by atoms with Crippen molar-refractivity contribution in [2.45, 2.75) is 112 Å². The van der Waals surface area contributed by atoms with Crippen molar-refractivity contribution >= 4 is 59.0 Å². The number of hydrogen-bond donors (Lipinski definition) is 2. The van der Waals surface area contributed by atoms with Gasteiger partial charge < -0.3 is 34.4 Å². The van der Waals surface area contributed by atoms with E-state index in [0.717, 1.165) is 36.8 Å². The molecule has 4 heterocycles. The van der Waals surface area contributed by atoms with Gasteiger partial charge in [-0.25, -0.2) is 9.59 Å². The number of rotatable bonds is 15. The van der Waals surface area contributed by atoms with Crippen molar-refractivity contribution in [3.8, 4) is 11.5 Å². The number of nitrogens with one attached hydrogen (secondary N) is 1. The van der Waals surface area contributed by atoms with Crippen LogP contribution in [-0.4, -0.2) is 112 Å². The second kappa shape index (κ2) is 20.8. The van der Waals surface area contributed by atoms with Gasteiger partial charge in [0, 0.05) is 24.2 Å². The number of methoxy groups -OCH3 is 3. The number of esters is 2. The van der Waals surface area contributed by atoms with Crippen LogP contribution in [0.15, 0.2) is 48.5 Å². The quantitative estimate of drug-likeness (QED) is 0.223. The van der Waals surface area contributed by atoms with Gasteiger partial charge in [-0.3, -0.25) is 19.2 Å². The first kappa shape index (κ1) is 44.3. The maximum absolute atomic E-state index is 14.5. The first-order valence-corrected chi connectivity index (χ1v) is 22.9. The molecule has 4 saturated heterocycles. The van der Waals surface area contributed by atoms with Crippen LogP contribution in [0, 0.1) is 17.8 Å². The number of thioether (sulfide) groups is 2. The molecular weight excluding hydrogens is 795 g/mol. The minimum absolute atomic E-state index is 0.00119. The fraction of sp³-hybridized carbons (Fsp3) is 0.591. The van der Waals surface area contributed by atoms with E-state index in [0.29, 0.717) is 68.6 Å². The molecule has 0 unspecified atom stereocenters. The average molecular weight is 852 g/mol. The topological polar surface area (TPSA) is 169 Å². The fourth-order valence-electron chi connectivity index (χ4n) is 8.98. The molecule has 3 amide bonds. The number of phenolic OH excluding ortho intramolecular Hbond substituents is 1. The molecule has 15 heteroatoms. The lowest BCUT2D eigenvalue weighted by molar-refractivity contribution is -0.157.